The molecule has 116 valence electrons. The normalized spacial score (nSPS) is 13.3. The molecule has 0 aliphatic rings. The molecule has 2 nitrogen and oxygen atoms in total. The minimum absolute atomic E-state index is 0.884. The summed E-state index contributed by atoms with van der Waals surface area (Å²) in [5, 5.41) is 5.00. The molecule has 0 amide bonds. The van der Waals surface area contributed by atoms with E-state index in [0.29, 0.717) is 0 Å². The summed E-state index contributed by atoms with van der Waals surface area (Å²) in [4.78, 5) is 0. The SMILES string of the molecule is CNc1ccccc1-c1ccccc1[P@@](C)(=O)c1ccccc1. The zero-order valence-electron chi connectivity index (χ0n) is 13.4. The Kier molecular flexibility index (Phi) is 4.36. The van der Waals surface area contributed by atoms with Gasteiger partial charge in [-0.2, -0.15) is 0 Å². The molecule has 3 heteroatoms. The Morgan fingerprint density at radius 1 is 0.739 bits per heavy atom. The van der Waals surface area contributed by atoms with Gasteiger partial charge in [-0.1, -0.05) is 72.8 Å². The van der Waals surface area contributed by atoms with Gasteiger partial charge in [-0.15, -0.1) is 0 Å². The van der Waals surface area contributed by atoms with Crippen molar-refractivity contribution in [2.45, 2.75) is 0 Å². The third-order valence-electron chi connectivity index (χ3n) is 4.10. The first kappa shape index (κ1) is 15.6. The molecule has 23 heavy (non-hydrogen) atoms. The van der Waals surface area contributed by atoms with Crippen molar-refractivity contribution in [1.29, 1.82) is 0 Å². The van der Waals surface area contributed by atoms with Gasteiger partial charge in [0.15, 0.2) is 0 Å². The quantitative estimate of drug-likeness (QED) is 0.724. The van der Waals surface area contributed by atoms with Crippen LogP contribution in [0.4, 0.5) is 5.69 Å². The minimum Gasteiger partial charge on any atom is -0.388 e. The topological polar surface area (TPSA) is 29.1 Å². The van der Waals surface area contributed by atoms with Crippen molar-refractivity contribution in [3.05, 3.63) is 78.9 Å². The standard InChI is InChI=1S/C20H20NOP/c1-21-19-14-8-6-12-17(19)18-13-7-9-15-20(18)23(2,22)16-10-4-3-5-11-16/h3-15,21H,1-2H3/t23-/m0/s1. The molecule has 3 aromatic carbocycles. The first-order valence-electron chi connectivity index (χ1n) is 7.64. The first-order valence-corrected chi connectivity index (χ1v) is 9.80. The molecule has 0 radical (unpaired) electrons. The van der Waals surface area contributed by atoms with E-state index in [2.05, 4.69) is 11.4 Å². The van der Waals surface area contributed by atoms with Crippen molar-refractivity contribution >= 4 is 23.4 Å². The van der Waals surface area contributed by atoms with Crippen LogP contribution in [0.3, 0.4) is 0 Å². The van der Waals surface area contributed by atoms with Crippen LogP contribution in [0.25, 0.3) is 11.1 Å². The summed E-state index contributed by atoms with van der Waals surface area (Å²) in [6.07, 6.45) is 0. The van der Waals surface area contributed by atoms with Gasteiger partial charge in [0.1, 0.15) is 7.14 Å². The van der Waals surface area contributed by atoms with E-state index in [1.54, 1.807) is 0 Å². The Bertz CT molecular complexity index is 858. The Balaban J connectivity index is 2.21. The van der Waals surface area contributed by atoms with Crippen LogP contribution in [-0.2, 0) is 4.57 Å². The van der Waals surface area contributed by atoms with Gasteiger partial charge in [-0.05, 0) is 18.3 Å². The second-order valence-corrected chi connectivity index (χ2v) is 8.42. The van der Waals surface area contributed by atoms with E-state index >= 15 is 0 Å². The highest BCUT2D eigenvalue weighted by atomic mass is 31.2. The van der Waals surface area contributed by atoms with Crippen LogP contribution in [-0.4, -0.2) is 13.7 Å². The van der Waals surface area contributed by atoms with Crippen molar-refractivity contribution in [2.24, 2.45) is 0 Å². The predicted molar refractivity (Wildman–Crippen MR) is 101 cm³/mol. The molecule has 0 aromatic heterocycles. The Morgan fingerprint density at radius 3 is 2.00 bits per heavy atom. The molecule has 0 heterocycles. The summed E-state index contributed by atoms with van der Waals surface area (Å²) in [7, 11) is -0.752. The molecule has 0 fully saturated rings. The molecule has 0 aliphatic heterocycles. The van der Waals surface area contributed by atoms with Crippen LogP contribution in [0.2, 0.25) is 0 Å². The maximum Gasteiger partial charge on any atom is 0.140 e. The van der Waals surface area contributed by atoms with Crippen molar-refractivity contribution in [1.82, 2.24) is 0 Å². The number of benzene rings is 3. The highest BCUT2D eigenvalue weighted by molar-refractivity contribution is 7.78. The van der Waals surface area contributed by atoms with E-state index < -0.39 is 7.14 Å². The number of para-hydroxylation sites is 1. The van der Waals surface area contributed by atoms with Crippen molar-refractivity contribution < 1.29 is 4.57 Å². The molecular formula is C20H20NOP. The number of nitrogens with one attached hydrogen (secondary N) is 1. The van der Waals surface area contributed by atoms with Crippen molar-refractivity contribution in [3.63, 3.8) is 0 Å². The maximum atomic E-state index is 13.6. The van der Waals surface area contributed by atoms with Crippen molar-refractivity contribution in [3.8, 4) is 11.1 Å². The van der Waals surface area contributed by atoms with Crippen LogP contribution >= 0.6 is 7.14 Å². The summed E-state index contributed by atoms with van der Waals surface area (Å²) < 4.78 is 13.6. The van der Waals surface area contributed by atoms with Crippen molar-refractivity contribution in [2.75, 3.05) is 19.0 Å². The molecule has 0 saturated carbocycles. The van der Waals surface area contributed by atoms with Crippen LogP contribution in [0.15, 0.2) is 78.9 Å². The summed E-state index contributed by atoms with van der Waals surface area (Å²) in [5.74, 6) is 0. The second kappa shape index (κ2) is 6.44. The average Bonchev–Trinajstić information content (AvgIpc) is 2.62. The monoisotopic (exact) mass is 321 g/mol. The molecule has 1 atom stereocenters. The Labute approximate surface area is 137 Å². The van der Waals surface area contributed by atoms with Gasteiger partial charge in [0.05, 0.1) is 0 Å². The average molecular weight is 321 g/mol. The molecule has 0 bridgehead atoms. The highest BCUT2D eigenvalue weighted by Gasteiger charge is 2.24. The molecule has 0 spiro atoms. The number of anilines is 1. The summed E-state index contributed by atoms with van der Waals surface area (Å²) in [6, 6.07) is 25.8. The van der Waals surface area contributed by atoms with Gasteiger partial charge in [-0.25, -0.2) is 0 Å². The summed E-state index contributed by atoms with van der Waals surface area (Å²) in [5.41, 5.74) is 3.13. The van der Waals surface area contributed by atoms with Gasteiger partial charge in [-0.3, -0.25) is 0 Å². The van der Waals surface area contributed by atoms with Crippen LogP contribution in [0, 0.1) is 0 Å². The number of hydrogen-bond donors (Lipinski definition) is 1. The van der Waals surface area contributed by atoms with E-state index in [0.717, 1.165) is 27.4 Å². The maximum absolute atomic E-state index is 13.6. The van der Waals surface area contributed by atoms with E-state index in [-0.39, 0.29) is 0 Å². The first-order chi connectivity index (χ1) is 11.1. The third kappa shape index (κ3) is 2.95. The Morgan fingerprint density at radius 2 is 1.30 bits per heavy atom. The van der Waals surface area contributed by atoms with E-state index in [4.69, 9.17) is 0 Å². The molecular weight excluding hydrogens is 301 g/mol. The van der Waals surface area contributed by atoms with Gasteiger partial charge in [0.25, 0.3) is 0 Å². The molecule has 3 aromatic rings. The smallest absolute Gasteiger partial charge is 0.140 e. The largest absolute Gasteiger partial charge is 0.388 e. The molecule has 1 N–H and O–H groups in total. The van der Waals surface area contributed by atoms with Crippen LogP contribution in [0.1, 0.15) is 0 Å². The van der Waals surface area contributed by atoms with Gasteiger partial charge in [0, 0.05) is 28.9 Å². The third-order valence-corrected chi connectivity index (χ3v) is 6.69. The zero-order valence-corrected chi connectivity index (χ0v) is 14.3. The van der Waals surface area contributed by atoms with Gasteiger partial charge >= 0.3 is 0 Å². The fourth-order valence-corrected chi connectivity index (χ4v) is 4.91. The lowest BCUT2D eigenvalue weighted by Crippen LogP contribution is -2.17. The van der Waals surface area contributed by atoms with Gasteiger partial charge < -0.3 is 9.88 Å². The predicted octanol–water partition coefficient (Wildman–Crippen LogP) is 4.34. The molecule has 0 saturated heterocycles. The molecule has 3 rings (SSSR count). The zero-order chi connectivity index (χ0) is 16.3. The number of rotatable bonds is 4. The minimum atomic E-state index is -2.66. The van der Waals surface area contributed by atoms with E-state index in [9.17, 15) is 4.57 Å². The summed E-state index contributed by atoms with van der Waals surface area (Å²) in [6.45, 7) is 1.85. The lowest BCUT2D eigenvalue weighted by molar-refractivity contribution is 0.590. The lowest BCUT2D eigenvalue weighted by Gasteiger charge is -2.19. The molecule has 0 aliphatic carbocycles. The van der Waals surface area contributed by atoms with Crippen LogP contribution < -0.4 is 15.9 Å². The lowest BCUT2D eigenvalue weighted by atomic mass is 10.0. The molecule has 0 unspecified atom stereocenters. The van der Waals surface area contributed by atoms with Gasteiger partial charge in [0.2, 0.25) is 0 Å². The highest BCUT2D eigenvalue weighted by Crippen LogP contribution is 2.43. The van der Waals surface area contributed by atoms with Crippen LogP contribution in [0.5, 0.6) is 0 Å². The summed E-state index contributed by atoms with van der Waals surface area (Å²) >= 11 is 0. The number of hydrogen-bond acceptors (Lipinski definition) is 2. The van der Waals surface area contributed by atoms with E-state index in [1.165, 1.54) is 0 Å². The van der Waals surface area contributed by atoms with E-state index in [1.807, 2.05) is 86.5 Å². The Hall–Kier alpha value is -2.31. The fourth-order valence-electron chi connectivity index (χ4n) is 2.86. The fraction of sp³-hybridized carbons (Fsp3) is 0.100. The second-order valence-electron chi connectivity index (χ2n) is 5.57.